The summed E-state index contributed by atoms with van der Waals surface area (Å²) < 4.78 is 11.3. The molecule has 0 N–H and O–H groups in total. The Balaban J connectivity index is 1.63. The number of anilines is 1. The van der Waals surface area contributed by atoms with Crippen molar-refractivity contribution >= 4 is 17.4 Å². The van der Waals surface area contributed by atoms with Crippen LogP contribution in [-0.2, 0) is 9.53 Å². The van der Waals surface area contributed by atoms with Gasteiger partial charge in [-0.3, -0.25) is 24.7 Å². The minimum absolute atomic E-state index is 0.135. The lowest BCUT2D eigenvalue weighted by atomic mass is 9.90. The monoisotopic (exact) mass is 475 g/mol. The number of nitrogens with zero attached hydrogens (tertiary/aromatic N) is 3. The summed E-state index contributed by atoms with van der Waals surface area (Å²) in [6.45, 7) is 2.15. The van der Waals surface area contributed by atoms with Gasteiger partial charge < -0.3 is 14.4 Å². The molecule has 0 aliphatic carbocycles. The van der Waals surface area contributed by atoms with Gasteiger partial charge in [0.15, 0.2) is 5.78 Å². The van der Waals surface area contributed by atoms with Crippen LogP contribution in [0.25, 0.3) is 0 Å². The molecule has 1 saturated heterocycles. The highest BCUT2D eigenvalue weighted by Gasteiger charge is 2.52. The molecule has 35 heavy (non-hydrogen) atoms. The number of rotatable bonds is 8. The van der Waals surface area contributed by atoms with Gasteiger partial charge in [0, 0.05) is 40.7 Å². The van der Waals surface area contributed by atoms with E-state index < -0.39 is 29.1 Å². The number of esters is 1. The average molecular weight is 476 g/mol. The molecule has 1 aliphatic heterocycles. The highest BCUT2D eigenvalue weighted by Crippen LogP contribution is 2.32. The molecule has 3 aromatic rings. The Hall–Kier alpha value is -4.27. The summed E-state index contributed by atoms with van der Waals surface area (Å²) in [7, 11) is 0. The lowest BCUT2D eigenvalue weighted by molar-refractivity contribution is -0.542. The Bertz CT molecular complexity index is 1170. The fraction of sp³-hybridized carbons (Fsp3) is 0.269. The van der Waals surface area contributed by atoms with E-state index >= 15 is 0 Å². The minimum atomic E-state index is -1.36. The first-order chi connectivity index (χ1) is 17.0. The smallest absolute Gasteiger partial charge is 0.316 e. The quantitative estimate of drug-likeness (QED) is 0.210. The average Bonchev–Trinajstić information content (AvgIpc) is 2.89. The Kier molecular flexibility index (Phi) is 7.35. The molecular formula is C26H25N3O6. The molecule has 1 fully saturated rings. The number of carbonyl (C=O) groups is 2. The molecule has 0 bridgehead atoms. The van der Waals surface area contributed by atoms with E-state index in [2.05, 4.69) is 4.98 Å². The van der Waals surface area contributed by atoms with Gasteiger partial charge in [-0.15, -0.1) is 0 Å². The van der Waals surface area contributed by atoms with E-state index in [1.54, 1.807) is 84.9 Å². The zero-order chi connectivity index (χ0) is 24.8. The summed E-state index contributed by atoms with van der Waals surface area (Å²) in [5, 5.41) is 12.2. The standard InChI is InChI=1S/C26H25N3O6/c1-2-34-26(31)22-14-17-28(20-12-15-27-16-13-20)25(23(22)29(32)33)35-21-10-8-19(9-11-21)24(30)18-6-4-3-5-7-18/h3-13,15-16,22-23,25H,2,14,17H2,1H3. The predicted molar refractivity (Wildman–Crippen MR) is 128 cm³/mol. The van der Waals surface area contributed by atoms with Gasteiger partial charge in [-0.05, 0) is 49.7 Å². The second kappa shape index (κ2) is 10.8. The first kappa shape index (κ1) is 23.9. The third-order valence-corrected chi connectivity index (χ3v) is 5.93. The molecule has 1 aromatic heterocycles. The van der Waals surface area contributed by atoms with E-state index in [9.17, 15) is 19.7 Å². The van der Waals surface area contributed by atoms with Crippen molar-refractivity contribution in [3.63, 3.8) is 0 Å². The van der Waals surface area contributed by atoms with Crippen molar-refractivity contribution in [2.75, 3.05) is 18.1 Å². The molecule has 1 aliphatic rings. The molecule has 0 amide bonds. The molecule has 0 radical (unpaired) electrons. The minimum Gasteiger partial charge on any atom is -0.466 e. The van der Waals surface area contributed by atoms with Gasteiger partial charge in [-0.2, -0.15) is 0 Å². The summed E-state index contributed by atoms with van der Waals surface area (Å²) in [5.41, 5.74) is 1.71. The zero-order valence-corrected chi connectivity index (χ0v) is 19.2. The van der Waals surface area contributed by atoms with Crippen molar-refractivity contribution in [2.24, 2.45) is 5.92 Å². The molecule has 2 aromatic carbocycles. The van der Waals surface area contributed by atoms with Crippen LogP contribution in [0.3, 0.4) is 0 Å². The number of pyridine rings is 1. The van der Waals surface area contributed by atoms with Crippen LogP contribution in [0.15, 0.2) is 79.1 Å². The van der Waals surface area contributed by atoms with Gasteiger partial charge in [0.2, 0.25) is 6.23 Å². The van der Waals surface area contributed by atoms with Crippen LogP contribution in [0.2, 0.25) is 0 Å². The van der Waals surface area contributed by atoms with Crippen molar-refractivity contribution in [3.05, 3.63) is 100 Å². The predicted octanol–water partition coefficient (Wildman–Crippen LogP) is 3.75. The van der Waals surface area contributed by atoms with E-state index in [1.165, 1.54) is 0 Å². The van der Waals surface area contributed by atoms with E-state index in [0.29, 0.717) is 29.1 Å². The van der Waals surface area contributed by atoms with Gasteiger partial charge in [-0.25, -0.2) is 0 Å². The zero-order valence-electron chi connectivity index (χ0n) is 19.2. The van der Waals surface area contributed by atoms with Gasteiger partial charge in [0.25, 0.3) is 6.04 Å². The summed E-state index contributed by atoms with van der Waals surface area (Å²) in [4.78, 5) is 42.7. The molecule has 3 unspecified atom stereocenters. The topological polar surface area (TPSA) is 112 Å². The molecule has 0 spiro atoms. The van der Waals surface area contributed by atoms with Gasteiger partial charge in [-0.1, -0.05) is 30.3 Å². The van der Waals surface area contributed by atoms with Gasteiger partial charge in [0.05, 0.1) is 6.61 Å². The van der Waals surface area contributed by atoms with Crippen molar-refractivity contribution in [1.82, 2.24) is 4.98 Å². The lowest BCUT2D eigenvalue weighted by Gasteiger charge is -2.40. The van der Waals surface area contributed by atoms with Crippen LogP contribution in [0.4, 0.5) is 5.69 Å². The maximum Gasteiger partial charge on any atom is 0.316 e. The fourth-order valence-electron chi connectivity index (χ4n) is 4.24. The summed E-state index contributed by atoms with van der Waals surface area (Å²) >= 11 is 0. The fourth-order valence-corrected chi connectivity index (χ4v) is 4.24. The number of ether oxygens (including phenoxy) is 2. The van der Waals surface area contributed by atoms with Crippen molar-refractivity contribution in [2.45, 2.75) is 25.6 Å². The number of hydrogen-bond acceptors (Lipinski definition) is 8. The van der Waals surface area contributed by atoms with Crippen LogP contribution < -0.4 is 9.64 Å². The largest absolute Gasteiger partial charge is 0.466 e. The molecule has 180 valence electrons. The molecule has 9 heteroatoms. The Morgan fingerprint density at radius 1 is 1.03 bits per heavy atom. The molecular weight excluding hydrogens is 450 g/mol. The molecule has 0 saturated carbocycles. The Morgan fingerprint density at radius 2 is 1.69 bits per heavy atom. The van der Waals surface area contributed by atoms with Crippen molar-refractivity contribution in [1.29, 1.82) is 0 Å². The first-order valence-electron chi connectivity index (χ1n) is 11.3. The van der Waals surface area contributed by atoms with Crippen LogP contribution >= 0.6 is 0 Å². The van der Waals surface area contributed by atoms with Crippen LogP contribution in [0, 0.1) is 16.0 Å². The van der Waals surface area contributed by atoms with E-state index in [0.717, 1.165) is 0 Å². The van der Waals surface area contributed by atoms with Crippen molar-refractivity contribution < 1.29 is 24.0 Å². The molecule has 3 atom stereocenters. The highest BCUT2D eigenvalue weighted by atomic mass is 16.6. The molecule has 9 nitrogen and oxygen atoms in total. The maximum atomic E-state index is 12.7. The highest BCUT2D eigenvalue weighted by molar-refractivity contribution is 6.08. The summed E-state index contributed by atoms with van der Waals surface area (Å²) in [6, 6.07) is 17.4. The number of benzene rings is 2. The van der Waals surface area contributed by atoms with Gasteiger partial charge in [0.1, 0.15) is 11.7 Å². The van der Waals surface area contributed by atoms with Crippen LogP contribution in [0.1, 0.15) is 29.3 Å². The number of carbonyl (C=O) groups excluding carboxylic acids is 2. The second-order valence-corrected chi connectivity index (χ2v) is 8.05. The summed E-state index contributed by atoms with van der Waals surface area (Å²) in [6.07, 6.45) is 2.35. The lowest BCUT2D eigenvalue weighted by Crippen LogP contribution is -2.60. The van der Waals surface area contributed by atoms with E-state index in [4.69, 9.17) is 9.47 Å². The van der Waals surface area contributed by atoms with Gasteiger partial charge >= 0.3 is 5.97 Å². The van der Waals surface area contributed by atoms with E-state index in [-0.39, 0.29) is 18.8 Å². The van der Waals surface area contributed by atoms with Crippen LogP contribution in [0.5, 0.6) is 5.75 Å². The first-order valence-corrected chi connectivity index (χ1v) is 11.3. The third-order valence-electron chi connectivity index (χ3n) is 5.93. The maximum absolute atomic E-state index is 12.7. The normalized spacial score (nSPS) is 19.6. The second-order valence-electron chi connectivity index (χ2n) is 8.05. The SMILES string of the molecule is CCOC(=O)C1CCN(c2ccncc2)C(Oc2ccc(C(=O)c3ccccc3)cc2)C1[N+](=O)[O-]. The van der Waals surface area contributed by atoms with E-state index in [1.807, 2.05) is 6.07 Å². The van der Waals surface area contributed by atoms with Crippen molar-refractivity contribution in [3.8, 4) is 5.75 Å². The number of piperidine rings is 1. The Morgan fingerprint density at radius 3 is 2.31 bits per heavy atom. The number of aromatic nitrogens is 1. The number of hydrogen-bond donors (Lipinski definition) is 0. The number of nitro groups is 1. The third kappa shape index (κ3) is 5.29. The number of ketones is 1. The molecule has 2 heterocycles. The Labute approximate surface area is 202 Å². The molecule has 4 rings (SSSR count). The summed E-state index contributed by atoms with van der Waals surface area (Å²) in [5.74, 6) is -1.36. The van der Waals surface area contributed by atoms with Crippen LogP contribution in [-0.4, -0.2) is 47.1 Å².